The van der Waals surface area contributed by atoms with Gasteiger partial charge < -0.3 is 15.7 Å². The van der Waals surface area contributed by atoms with Crippen molar-refractivity contribution in [2.75, 3.05) is 0 Å². The smallest absolute Gasteiger partial charge is 0.231 e. The van der Waals surface area contributed by atoms with E-state index < -0.39 is 0 Å². The highest BCUT2D eigenvalue weighted by Gasteiger charge is 2.19. The first-order valence-electron chi connectivity index (χ1n) is 6.49. The van der Waals surface area contributed by atoms with Crippen LogP contribution in [-0.4, -0.2) is 25.8 Å². The highest BCUT2D eigenvalue weighted by atomic mass is 16.5. The summed E-state index contributed by atoms with van der Waals surface area (Å²) in [6, 6.07) is 1.85. The molecular formula is C14H19N5O2. The van der Waals surface area contributed by atoms with Gasteiger partial charge in [-0.25, -0.2) is 4.98 Å². The molecule has 0 aliphatic heterocycles. The number of amidine groups is 1. The van der Waals surface area contributed by atoms with Crippen LogP contribution in [0, 0.1) is 27.7 Å². The number of ether oxygens (including phenoxy) is 1. The topological polar surface area (TPSA) is 98.5 Å². The molecule has 0 amide bonds. The third kappa shape index (κ3) is 2.67. The average Bonchev–Trinajstić information content (AvgIpc) is 2.64. The Balaban J connectivity index is 2.58. The van der Waals surface area contributed by atoms with E-state index in [1.165, 1.54) is 0 Å². The van der Waals surface area contributed by atoms with Crippen LogP contribution >= 0.6 is 0 Å². The summed E-state index contributed by atoms with van der Waals surface area (Å²) in [7, 11) is 1.84. The molecule has 0 fully saturated rings. The molecule has 2 aromatic heterocycles. The molecule has 21 heavy (non-hydrogen) atoms. The van der Waals surface area contributed by atoms with Gasteiger partial charge in [0, 0.05) is 12.7 Å². The van der Waals surface area contributed by atoms with E-state index in [1.807, 2.05) is 40.8 Å². The Morgan fingerprint density at radius 3 is 2.52 bits per heavy atom. The lowest BCUT2D eigenvalue weighted by Crippen LogP contribution is -2.17. The Morgan fingerprint density at radius 1 is 1.33 bits per heavy atom. The van der Waals surface area contributed by atoms with Crippen LogP contribution in [0.3, 0.4) is 0 Å². The van der Waals surface area contributed by atoms with Crippen molar-refractivity contribution in [2.24, 2.45) is 17.9 Å². The lowest BCUT2D eigenvalue weighted by molar-refractivity contribution is 0.318. The largest absolute Gasteiger partial charge is 0.434 e. The van der Waals surface area contributed by atoms with E-state index in [1.54, 1.807) is 4.68 Å². The summed E-state index contributed by atoms with van der Waals surface area (Å²) in [5.74, 6) is 0.901. The molecule has 0 spiro atoms. The highest BCUT2D eigenvalue weighted by Crippen LogP contribution is 2.30. The van der Waals surface area contributed by atoms with Gasteiger partial charge in [-0.05, 0) is 39.3 Å². The molecule has 112 valence electrons. The maximum absolute atomic E-state index is 8.95. The molecule has 0 radical (unpaired) electrons. The zero-order valence-electron chi connectivity index (χ0n) is 12.8. The fourth-order valence-electron chi connectivity index (χ4n) is 2.24. The summed E-state index contributed by atoms with van der Waals surface area (Å²) < 4.78 is 7.64. The molecule has 2 heterocycles. The van der Waals surface area contributed by atoms with Gasteiger partial charge in [-0.3, -0.25) is 4.68 Å². The molecule has 2 aromatic rings. The van der Waals surface area contributed by atoms with Crippen LogP contribution in [0.5, 0.6) is 11.6 Å². The average molecular weight is 289 g/mol. The number of pyridine rings is 1. The van der Waals surface area contributed by atoms with E-state index in [-0.39, 0.29) is 5.84 Å². The van der Waals surface area contributed by atoms with Gasteiger partial charge in [0.15, 0.2) is 11.6 Å². The van der Waals surface area contributed by atoms with E-state index in [9.17, 15) is 0 Å². The van der Waals surface area contributed by atoms with Crippen LogP contribution in [0.15, 0.2) is 11.2 Å². The van der Waals surface area contributed by atoms with Crippen molar-refractivity contribution in [3.05, 3.63) is 34.3 Å². The normalized spacial score (nSPS) is 11.8. The summed E-state index contributed by atoms with van der Waals surface area (Å²) in [6.07, 6.45) is 0. The quantitative estimate of drug-likeness (QED) is 0.389. The van der Waals surface area contributed by atoms with E-state index in [0.717, 1.165) is 22.6 Å². The van der Waals surface area contributed by atoms with Gasteiger partial charge in [0.1, 0.15) is 5.69 Å². The molecule has 0 saturated carbocycles. The number of rotatable bonds is 3. The molecule has 0 saturated heterocycles. The molecule has 3 N–H and O–H groups in total. The first kappa shape index (κ1) is 14.8. The van der Waals surface area contributed by atoms with Gasteiger partial charge in [0.05, 0.1) is 11.3 Å². The van der Waals surface area contributed by atoms with E-state index in [0.29, 0.717) is 17.2 Å². The zero-order valence-corrected chi connectivity index (χ0v) is 12.8. The Bertz CT molecular complexity index is 719. The zero-order chi connectivity index (χ0) is 15.7. The molecule has 7 heteroatoms. The molecule has 0 bridgehead atoms. The Labute approximate surface area is 123 Å². The number of oxime groups is 1. The summed E-state index contributed by atoms with van der Waals surface area (Å²) in [4.78, 5) is 4.36. The SMILES string of the molecule is Cc1cc(C)c(C(N)=NO)c(Oc2c(C)nn(C)c2C)n1. The monoisotopic (exact) mass is 289 g/mol. The number of hydrogen-bond acceptors (Lipinski definition) is 5. The van der Waals surface area contributed by atoms with Crippen LogP contribution in [0.1, 0.15) is 28.2 Å². The molecular weight excluding hydrogens is 270 g/mol. The number of hydrogen-bond donors (Lipinski definition) is 2. The van der Waals surface area contributed by atoms with Crippen molar-refractivity contribution >= 4 is 5.84 Å². The van der Waals surface area contributed by atoms with Crippen LogP contribution in [0.4, 0.5) is 0 Å². The highest BCUT2D eigenvalue weighted by molar-refractivity contribution is 6.00. The van der Waals surface area contributed by atoms with Crippen molar-refractivity contribution in [3.63, 3.8) is 0 Å². The molecule has 0 aliphatic rings. The second-order valence-corrected chi connectivity index (χ2v) is 4.97. The second-order valence-electron chi connectivity index (χ2n) is 4.97. The van der Waals surface area contributed by atoms with Gasteiger partial charge in [-0.1, -0.05) is 5.16 Å². The van der Waals surface area contributed by atoms with Gasteiger partial charge >= 0.3 is 0 Å². The first-order valence-corrected chi connectivity index (χ1v) is 6.49. The fourth-order valence-corrected chi connectivity index (χ4v) is 2.24. The number of aryl methyl sites for hydroxylation is 4. The molecule has 0 atom stereocenters. The Kier molecular flexibility index (Phi) is 3.84. The van der Waals surface area contributed by atoms with Crippen molar-refractivity contribution in [1.29, 1.82) is 0 Å². The minimum atomic E-state index is -0.0332. The van der Waals surface area contributed by atoms with Crippen molar-refractivity contribution < 1.29 is 9.94 Å². The van der Waals surface area contributed by atoms with Gasteiger partial charge in [-0.15, -0.1) is 0 Å². The van der Waals surface area contributed by atoms with Gasteiger partial charge in [-0.2, -0.15) is 5.10 Å². The Hall–Kier alpha value is -2.57. The molecule has 0 aliphatic carbocycles. The lowest BCUT2D eigenvalue weighted by Gasteiger charge is -2.13. The van der Waals surface area contributed by atoms with E-state index in [2.05, 4.69) is 15.2 Å². The van der Waals surface area contributed by atoms with Crippen LogP contribution in [-0.2, 0) is 7.05 Å². The first-order chi connectivity index (χ1) is 9.85. The standard InChI is InChI=1S/C14H19N5O2/c1-7-6-8(2)16-14(11(7)13(15)18-20)21-12-9(3)17-19(5)10(12)4/h6,20H,1-5H3,(H2,15,18). The number of aromatic nitrogens is 3. The van der Waals surface area contributed by atoms with Gasteiger partial charge in [0.25, 0.3) is 0 Å². The molecule has 7 nitrogen and oxygen atoms in total. The van der Waals surface area contributed by atoms with Crippen molar-refractivity contribution in [3.8, 4) is 11.6 Å². The van der Waals surface area contributed by atoms with E-state index >= 15 is 0 Å². The summed E-state index contributed by atoms with van der Waals surface area (Å²) in [5.41, 5.74) is 9.46. The predicted molar refractivity (Wildman–Crippen MR) is 79.0 cm³/mol. The van der Waals surface area contributed by atoms with Crippen LogP contribution in [0.25, 0.3) is 0 Å². The summed E-state index contributed by atoms with van der Waals surface area (Å²) >= 11 is 0. The van der Waals surface area contributed by atoms with Crippen LogP contribution in [0.2, 0.25) is 0 Å². The minimum absolute atomic E-state index is 0.0332. The van der Waals surface area contributed by atoms with Gasteiger partial charge in [0.2, 0.25) is 5.88 Å². The lowest BCUT2D eigenvalue weighted by atomic mass is 10.1. The third-order valence-corrected chi connectivity index (χ3v) is 3.32. The fraction of sp³-hybridized carbons (Fsp3) is 0.357. The third-order valence-electron chi connectivity index (χ3n) is 3.32. The molecule has 0 unspecified atom stereocenters. The van der Waals surface area contributed by atoms with Crippen molar-refractivity contribution in [2.45, 2.75) is 27.7 Å². The summed E-state index contributed by atoms with van der Waals surface area (Å²) in [6.45, 7) is 7.48. The summed E-state index contributed by atoms with van der Waals surface area (Å²) in [5, 5.41) is 16.3. The predicted octanol–water partition coefficient (Wildman–Crippen LogP) is 1.94. The van der Waals surface area contributed by atoms with Crippen molar-refractivity contribution in [1.82, 2.24) is 14.8 Å². The maximum atomic E-state index is 8.95. The number of nitrogens with zero attached hydrogens (tertiary/aromatic N) is 4. The minimum Gasteiger partial charge on any atom is -0.434 e. The second kappa shape index (κ2) is 5.43. The molecule has 0 aromatic carbocycles. The van der Waals surface area contributed by atoms with E-state index in [4.69, 9.17) is 15.7 Å². The number of nitrogens with two attached hydrogens (primary N) is 1. The molecule has 2 rings (SSSR count). The Morgan fingerprint density at radius 2 is 2.00 bits per heavy atom. The maximum Gasteiger partial charge on any atom is 0.231 e. The van der Waals surface area contributed by atoms with Crippen LogP contribution < -0.4 is 10.5 Å².